The predicted octanol–water partition coefficient (Wildman–Crippen LogP) is 3.61. The Hall–Kier alpha value is -3.22. The molecule has 3 N–H and O–H groups in total. The highest BCUT2D eigenvalue weighted by atomic mass is 15.2. The lowest BCUT2D eigenvalue weighted by molar-refractivity contribution is 0.445. The number of rotatable bonds is 4. The summed E-state index contributed by atoms with van der Waals surface area (Å²) in [5.74, 6) is 1.43. The summed E-state index contributed by atoms with van der Waals surface area (Å²) in [4.78, 5) is 21.0. The zero-order chi connectivity index (χ0) is 16.6. The van der Waals surface area contributed by atoms with Crippen molar-refractivity contribution in [3.05, 3.63) is 42.9 Å². The van der Waals surface area contributed by atoms with E-state index in [4.69, 9.17) is 0 Å². The molecule has 1 aromatic carbocycles. The number of anilines is 3. The van der Waals surface area contributed by atoms with Gasteiger partial charge >= 0.3 is 0 Å². The molecule has 0 bridgehead atoms. The summed E-state index contributed by atoms with van der Waals surface area (Å²) in [5, 5.41) is 7.82. The lowest BCUT2D eigenvalue weighted by Gasteiger charge is -2.27. The molecule has 0 amide bonds. The Bertz CT molecular complexity index is 1050. The number of hydrogen-bond donors (Lipinski definition) is 3. The van der Waals surface area contributed by atoms with Crippen LogP contribution in [0.15, 0.2) is 42.9 Å². The van der Waals surface area contributed by atoms with E-state index in [9.17, 15) is 0 Å². The second kappa shape index (κ2) is 5.70. The molecule has 25 heavy (non-hydrogen) atoms. The molecular formula is C18H17N7. The fourth-order valence-electron chi connectivity index (χ4n) is 3.02. The highest BCUT2D eigenvalue weighted by molar-refractivity contribution is 5.88. The monoisotopic (exact) mass is 331 g/mol. The molecule has 1 aliphatic carbocycles. The van der Waals surface area contributed by atoms with Crippen LogP contribution in [0.2, 0.25) is 0 Å². The Kier molecular flexibility index (Phi) is 3.22. The number of hydrogen-bond acceptors (Lipinski definition) is 6. The minimum atomic E-state index is 0.511. The van der Waals surface area contributed by atoms with Crippen molar-refractivity contribution in [3.8, 4) is 0 Å². The standard InChI is InChI=1S/C18H17N7/c1-2-11(3-1)22-17-13-6-7-21-16(13)24-18(25-17)23-12-4-5-14-15(10-12)20-9-8-19-14/h4-11H,1-3H2,(H3,21,22,23,24,25). The van der Waals surface area contributed by atoms with Gasteiger partial charge in [0.1, 0.15) is 11.5 Å². The van der Waals surface area contributed by atoms with Crippen LogP contribution in [0.3, 0.4) is 0 Å². The van der Waals surface area contributed by atoms with Crippen molar-refractivity contribution in [2.24, 2.45) is 0 Å². The first-order chi connectivity index (χ1) is 12.3. The summed E-state index contributed by atoms with van der Waals surface area (Å²) in [6, 6.07) is 8.36. The van der Waals surface area contributed by atoms with Gasteiger partial charge in [0.25, 0.3) is 0 Å². The van der Waals surface area contributed by atoms with Crippen LogP contribution in [0, 0.1) is 0 Å². The minimum Gasteiger partial charge on any atom is -0.367 e. The van der Waals surface area contributed by atoms with Gasteiger partial charge in [-0.05, 0) is 43.5 Å². The third kappa shape index (κ3) is 2.63. The molecule has 0 aliphatic heterocycles. The first kappa shape index (κ1) is 14.2. The molecule has 0 spiro atoms. The van der Waals surface area contributed by atoms with Crippen LogP contribution >= 0.6 is 0 Å². The molecule has 0 unspecified atom stereocenters. The fraction of sp³-hybridized carbons (Fsp3) is 0.222. The number of H-pyrrole nitrogens is 1. The maximum Gasteiger partial charge on any atom is 0.231 e. The average Bonchev–Trinajstić information content (AvgIpc) is 3.06. The van der Waals surface area contributed by atoms with Gasteiger partial charge in [0.2, 0.25) is 5.95 Å². The van der Waals surface area contributed by atoms with E-state index < -0.39 is 0 Å². The van der Waals surface area contributed by atoms with E-state index in [2.05, 4.69) is 35.6 Å². The van der Waals surface area contributed by atoms with Crippen molar-refractivity contribution in [2.45, 2.75) is 25.3 Å². The summed E-state index contributed by atoms with van der Waals surface area (Å²) in [7, 11) is 0. The summed E-state index contributed by atoms with van der Waals surface area (Å²) in [6.45, 7) is 0. The van der Waals surface area contributed by atoms with Gasteiger partial charge < -0.3 is 15.6 Å². The van der Waals surface area contributed by atoms with Gasteiger partial charge in [-0.1, -0.05) is 0 Å². The van der Waals surface area contributed by atoms with E-state index in [1.54, 1.807) is 12.4 Å². The fourth-order valence-corrected chi connectivity index (χ4v) is 3.02. The van der Waals surface area contributed by atoms with E-state index in [0.717, 1.165) is 33.6 Å². The van der Waals surface area contributed by atoms with E-state index in [1.165, 1.54) is 19.3 Å². The molecule has 1 aliphatic rings. The molecule has 1 fully saturated rings. The average molecular weight is 331 g/mol. The van der Waals surface area contributed by atoms with Gasteiger partial charge in [-0.15, -0.1) is 0 Å². The third-order valence-corrected chi connectivity index (χ3v) is 4.59. The van der Waals surface area contributed by atoms with Crippen molar-refractivity contribution in [2.75, 3.05) is 10.6 Å². The Morgan fingerprint density at radius 2 is 1.88 bits per heavy atom. The molecule has 3 aromatic heterocycles. The third-order valence-electron chi connectivity index (χ3n) is 4.59. The van der Waals surface area contributed by atoms with Crippen molar-refractivity contribution in [1.82, 2.24) is 24.9 Å². The minimum absolute atomic E-state index is 0.511. The first-order valence-electron chi connectivity index (χ1n) is 8.45. The van der Waals surface area contributed by atoms with Crippen LogP contribution in [0.4, 0.5) is 17.5 Å². The number of fused-ring (bicyclic) bond motifs is 2. The van der Waals surface area contributed by atoms with Crippen LogP contribution in [-0.2, 0) is 0 Å². The van der Waals surface area contributed by atoms with E-state index in [-0.39, 0.29) is 0 Å². The van der Waals surface area contributed by atoms with Crippen molar-refractivity contribution in [3.63, 3.8) is 0 Å². The smallest absolute Gasteiger partial charge is 0.231 e. The summed E-state index contributed by atoms with van der Waals surface area (Å²) < 4.78 is 0. The molecule has 1 saturated carbocycles. The van der Waals surface area contributed by atoms with Crippen LogP contribution in [0.5, 0.6) is 0 Å². The molecule has 3 heterocycles. The quantitative estimate of drug-likeness (QED) is 0.529. The van der Waals surface area contributed by atoms with Gasteiger partial charge in [0.15, 0.2) is 0 Å². The maximum absolute atomic E-state index is 4.68. The Balaban J connectivity index is 1.50. The summed E-state index contributed by atoms with van der Waals surface area (Å²) >= 11 is 0. The SMILES string of the molecule is c1cnc2cc(Nc3nc(NC4CCC4)c4cc[nH]c4n3)ccc2n1. The van der Waals surface area contributed by atoms with Crippen molar-refractivity contribution in [1.29, 1.82) is 0 Å². The number of nitrogens with one attached hydrogen (secondary N) is 3. The highest BCUT2D eigenvalue weighted by Gasteiger charge is 2.19. The predicted molar refractivity (Wildman–Crippen MR) is 98.0 cm³/mol. The molecule has 0 saturated heterocycles. The number of benzene rings is 1. The van der Waals surface area contributed by atoms with Gasteiger partial charge in [-0.25, -0.2) is 0 Å². The lowest BCUT2D eigenvalue weighted by Crippen LogP contribution is -2.27. The normalized spacial score (nSPS) is 14.6. The molecule has 5 rings (SSSR count). The largest absolute Gasteiger partial charge is 0.367 e. The van der Waals surface area contributed by atoms with E-state index in [0.29, 0.717) is 12.0 Å². The molecule has 0 radical (unpaired) electrons. The topological polar surface area (TPSA) is 91.4 Å². The zero-order valence-corrected chi connectivity index (χ0v) is 13.5. The zero-order valence-electron chi connectivity index (χ0n) is 13.5. The Morgan fingerprint density at radius 1 is 1.00 bits per heavy atom. The van der Waals surface area contributed by atoms with Crippen LogP contribution in [0.25, 0.3) is 22.1 Å². The molecule has 4 aromatic rings. The second-order valence-electron chi connectivity index (χ2n) is 6.29. The lowest BCUT2D eigenvalue weighted by atomic mass is 9.93. The van der Waals surface area contributed by atoms with Gasteiger partial charge in [0.05, 0.1) is 16.4 Å². The van der Waals surface area contributed by atoms with E-state index in [1.807, 2.05) is 30.5 Å². The Morgan fingerprint density at radius 3 is 2.72 bits per heavy atom. The molecule has 124 valence electrons. The van der Waals surface area contributed by atoms with Crippen molar-refractivity contribution < 1.29 is 0 Å². The molecule has 7 heteroatoms. The first-order valence-corrected chi connectivity index (χ1v) is 8.45. The molecule has 0 atom stereocenters. The van der Waals surface area contributed by atoms with Crippen LogP contribution in [-0.4, -0.2) is 31.0 Å². The molecular weight excluding hydrogens is 314 g/mol. The van der Waals surface area contributed by atoms with Gasteiger partial charge in [-0.3, -0.25) is 9.97 Å². The van der Waals surface area contributed by atoms with E-state index >= 15 is 0 Å². The number of aromatic amines is 1. The van der Waals surface area contributed by atoms with Gasteiger partial charge in [-0.2, -0.15) is 9.97 Å². The van der Waals surface area contributed by atoms with Crippen molar-refractivity contribution >= 4 is 39.5 Å². The molecule has 7 nitrogen and oxygen atoms in total. The number of aromatic nitrogens is 5. The van der Waals surface area contributed by atoms with Crippen LogP contribution < -0.4 is 10.6 Å². The van der Waals surface area contributed by atoms with Crippen LogP contribution in [0.1, 0.15) is 19.3 Å². The maximum atomic E-state index is 4.68. The van der Waals surface area contributed by atoms with Gasteiger partial charge in [0, 0.05) is 30.3 Å². The highest BCUT2D eigenvalue weighted by Crippen LogP contribution is 2.28. The summed E-state index contributed by atoms with van der Waals surface area (Å²) in [6.07, 6.45) is 8.94. The Labute approximate surface area is 143 Å². The second-order valence-corrected chi connectivity index (χ2v) is 6.29. The summed E-state index contributed by atoms with van der Waals surface area (Å²) in [5.41, 5.74) is 3.40. The number of nitrogens with zero attached hydrogens (tertiary/aromatic N) is 4.